The monoisotopic (exact) mass is 392 g/mol. The van der Waals surface area contributed by atoms with Crippen LogP contribution in [0.5, 0.6) is 0 Å². The Balaban J connectivity index is 2.07. The second-order valence-corrected chi connectivity index (χ2v) is 7.74. The van der Waals surface area contributed by atoms with Crippen molar-refractivity contribution >= 4 is 23.2 Å². The third-order valence-corrected chi connectivity index (χ3v) is 4.56. The first kappa shape index (κ1) is 21.6. The highest BCUT2D eigenvalue weighted by molar-refractivity contribution is 5.96. The van der Waals surface area contributed by atoms with Crippen molar-refractivity contribution in [3.8, 4) is 0 Å². The van der Waals surface area contributed by atoms with Crippen molar-refractivity contribution in [3.05, 3.63) is 33.9 Å². The molecule has 0 unspecified atom stereocenters. The molecule has 1 fully saturated rings. The van der Waals surface area contributed by atoms with E-state index in [9.17, 15) is 19.7 Å². The van der Waals surface area contributed by atoms with E-state index in [4.69, 9.17) is 4.74 Å². The van der Waals surface area contributed by atoms with Crippen molar-refractivity contribution < 1.29 is 19.2 Å². The van der Waals surface area contributed by atoms with Crippen molar-refractivity contribution in [2.75, 3.05) is 51.8 Å². The number of nitro groups is 1. The lowest BCUT2D eigenvalue weighted by Crippen LogP contribution is -2.53. The van der Waals surface area contributed by atoms with Gasteiger partial charge in [-0.25, -0.2) is 0 Å². The fourth-order valence-electron chi connectivity index (χ4n) is 3.02. The number of carbonyl (C=O) groups is 2. The Bertz CT molecular complexity index is 736. The lowest BCUT2D eigenvalue weighted by Gasteiger charge is -2.37. The number of nitro benzene ring substituents is 1. The molecule has 1 aromatic carbocycles. The molecule has 1 aliphatic rings. The van der Waals surface area contributed by atoms with Gasteiger partial charge in [-0.05, 0) is 12.1 Å². The Morgan fingerprint density at radius 1 is 1.18 bits per heavy atom. The summed E-state index contributed by atoms with van der Waals surface area (Å²) in [4.78, 5) is 39.4. The predicted molar refractivity (Wildman–Crippen MR) is 105 cm³/mol. The molecule has 1 saturated heterocycles. The first-order chi connectivity index (χ1) is 13.1. The van der Waals surface area contributed by atoms with Crippen molar-refractivity contribution in [1.29, 1.82) is 0 Å². The van der Waals surface area contributed by atoms with E-state index in [2.05, 4.69) is 5.32 Å². The zero-order chi connectivity index (χ0) is 20.9. The minimum Gasteiger partial charge on any atom is -0.383 e. The number of rotatable bonds is 6. The first-order valence-electron chi connectivity index (χ1n) is 9.25. The van der Waals surface area contributed by atoms with Gasteiger partial charge in [-0.2, -0.15) is 0 Å². The largest absolute Gasteiger partial charge is 0.383 e. The Hall–Kier alpha value is -2.68. The number of methoxy groups -OCH3 is 1. The van der Waals surface area contributed by atoms with Gasteiger partial charge in [0.15, 0.2) is 0 Å². The van der Waals surface area contributed by atoms with Gasteiger partial charge in [0.1, 0.15) is 5.69 Å². The minimum atomic E-state index is -0.508. The number of ether oxygens (including phenoxy) is 1. The third-order valence-electron chi connectivity index (χ3n) is 4.56. The van der Waals surface area contributed by atoms with Gasteiger partial charge in [0.25, 0.3) is 11.6 Å². The quantitative estimate of drug-likeness (QED) is 0.451. The van der Waals surface area contributed by atoms with Crippen LogP contribution in [0, 0.1) is 15.5 Å². The van der Waals surface area contributed by atoms with Crippen molar-refractivity contribution in [2.24, 2.45) is 5.41 Å². The molecule has 0 aromatic heterocycles. The van der Waals surface area contributed by atoms with Gasteiger partial charge in [0.05, 0.1) is 11.5 Å². The van der Waals surface area contributed by atoms with Gasteiger partial charge >= 0.3 is 0 Å². The number of carbonyl (C=O) groups excluding carboxylic acids is 2. The van der Waals surface area contributed by atoms with Gasteiger partial charge < -0.3 is 19.9 Å². The second kappa shape index (κ2) is 9.01. The van der Waals surface area contributed by atoms with Crippen molar-refractivity contribution in [3.63, 3.8) is 0 Å². The Morgan fingerprint density at radius 3 is 2.32 bits per heavy atom. The number of amides is 2. The average molecular weight is 392 g/mol. The Morgan fingerprint density at radius 2 is 1.79 bits per heavy atom. The minimum absolute atomic E-state index is 0.0572. The molecule has 0 radical (unpaired) electrons. The summed E-state index contributed by atoms with van der Waals surface area (Å²) in [6.07, 6.45) is 0. The van der Waals surface area contributed by atoms with E-state index in [-0.39, 0.29) is 23.1 Å². The fourth-order valence-corrected chi connectivity index (χ4v) is 3.02. The highest BCUT2D eigenvalue weighted by atomic mass is 16.6. The lowest BCUT2D eigenvalue weighted by molar-refractivity contribution is -0.384. The van der Waals surface area contributed by atoms with E-state index in [0.29, 0.717) is 45.0 Å². The molecule has 2 amide bonds. The molecule has 1 aliphatic heterocycles. The van der Waals surface area contributed by atoms with Crippen LogP contribution in [0.3, 0.4) is 0 Å². The number of piperazine rings is 1. The van der Waals surface area contributed by atoms with E-state index < -0.39 is 10.3 Å². The molecule has 1 N–H and O–H groups in total. The maximum Gasteiger partial charge on any atom is 0.293 e. The van der Waals surface area contributed by atoms with E-state index in [1.807, 2.05) is 20.8 Å². The van der Waals surface area contributed by atoms with Crippen molar-refractivity contribution in [2.45, 2.75) is 20.8 Å². The van der Waals surface area contributed by atoms with E-state index in [0.717, 1.165) is 0 Å². The number of nitrogens with zero attached hydrogens (tertiary/aromatic N) is 3. The normalized spacial score (nSPS) is 14.7. The Labute approximate surface area is 164 Å². The van der Waals surface area contributed by atoms with Gasteiger partial charge in [0, 0.05) is 56.9 Å². The molecule has 0 atom stereocenters. The molecular weight excluding hydrogens is 364 g/mol. The molecule has 1 heterocycles. The number of nitrogens with one attached hydrogen (secondary N) is 1. The molecule has 9 heteroatoms. The summed E-state index contributed by atoms with van der Waals surface area (Å²) in [6, 6.07) is 4.42. The summed E-state index contributed by atoms with van der Waals surface area (Å²) in [7, 11) is 1.55. The molecule has 0 aliphatic carbocycles. The summed E-state index contributed by atoms with van der Waals surface area (Å²) in [6.45, 7) is 8.17. The molecule has 154 valence electrons. The van der Waals surface area contributed by atoms with E-state index in [1.165, 1.54) is 6.07 Å². The van der Waals surface area contributed by atoms with Crippen LogP contribution in [-0.2, 0) is 9.53 Å². The Kier molecular flexibility index (Phi) is 6.95. The standard InChI is InChI=1S/C19H28N4O5/c1-19(2,3)18(25)22-10-8-21(9-11-22)17(24)14-5-6-15(20-7-12-28-4)16(13-14)23(26)27/h5-6,13,20H,7-12H2,1-4H3. The predicted octanol–water partition coefficient (Wildman–Crippen LogP) is 1.98. The smallest absolute Gasteiger partial charge is 0.293 e. The van der Waals surface area contributed by atoms with Gasteiger partial charge in [-0.1, -0.05) is 20.8 Å². The third kappa shape index (κ3) is 5.19. The first-order valence-corrected chi connectivity index (χ1v) is 9.25. The van der Waals surface area contributed by atoms with Gasteiger partial charge in [-0.3, -0.25) is 19.7 Å². The molecule has 0 saturated carbocycles. The highest BCUT2D eigenvalue weighted by Crippen LogP contribution is 2.26. The van der Waals surface area contributed by atoms with Gasteiger partial charge in [0.2, 0.25) is 5.91 Å². The van der Waals surface area contributed by atoms with Crippen LogP contribution >= 0.6 is 0 Å². The van der Waals surface area contributed by atoms with Crippen LogP contribution in [-0.4, -0.2) is 73.0 Å². The van der Waals surface area contributed by atoms with E-state index in [1.54, 1.807) is 29.0 Å². The number of hydrogen-bond donors (Lipinski definition) is 1. The molecule has 0 spiro atoms. The van der Waals surface area contributed by atoms with Crippen molar-refractivity contribution in [1.82, 2.24) is 9.80 Å². The van der Waals surface area contributed by atoms with Crippen LogP contribution in [0.25, 0.3) is 0 Å². The van der Waals surface area contributed by atoms with Crippen LogP contribution in [0.4, 0.5) is 11.4 Å². The molecular formula is C19H28N4O5. The fraction of sp³-hybridized carbons (Fsp3) is 0.579. The molecule has 1 aromatic rings. The van der Waals surface area contributed by atoms with E-state index >= 15 is 0 Å². The lowest BCUT2D eigenvalue weighted by atomic mass is 9.94. The summed E-state index contributed by atoms with van der Waals surface area (Å²) in [5.74, 6) is -0.212. The molecule has 0 bridgehead atoms. The second-order valence-electron chi connectivity index (χ2n) is 7.74. The SMILES string of the molecule is COCCNc1ccc(C(=O)N2CCN(C(=O)C(C)(C)C)CC2)cc1[N+](=O)[O-]. The van der Waals surface area contributed by atoms with Gasteiger partial charge in [-0.15, -0.1) is 0 Å². The van der Waals surface area contributed by atoms with Crippen LogP contribution in [0.1, 0.15) is 31.1 Å². The maximum absolute atomic E-state index is 12.8. The van der Waals surface area contributed by atoms with Crippen LogP contribution in [0.15, 0.2) is 18.2 Å². The summed E-state index contributed by atoms with van der Waals surface area (Å²) >= 11 is 0. The molecule has 28 heavy (non-hydrogen) atoms. The van der Waals surface area contributed by atoms with Crippen LogP contribution in [0.2, 0.25) is 0 Å². The number of benzene rings is 1. The average Bonchev–Trinajstić information content (AvgIpc) is 2.66. The zero-order valence-electron chi connectivity index (χ0n) is 16.9. The number of hydrogen-bond acceptors (Lipinski definition) is 6. The summed E-state index contributed by atoms with van der Waals surface area (Å²) in [5, 5.41) is 14.3. The topological polar surface area (TPSA) is 105 Å². The molecule has 9 nitrogen and oxygen atoms in total. The zero-order valence-corrected chi connectivity index (χ0v) is 16.9. The van der Waals surface area contributed by atoms with Crippen LogP contribution < -0.4 is 5.32 Å². The number of anilines is 1. The maximum atomic E-state index is 12.8. The summed E-state index contributed by atoms with van der Waals surface area (Å²) in [5.41, 5.74) is 0.000563. The molecule has 2 rings (SSSR count). The highest BCUT2D eigenvalue weighted by Gasteiger charge is 2.31. The summed E-state index contributed by atoms with van der Waals surface area (Å²) < 4.78 is 4.93.